The maximum absolute atomic E-state index is 11.5. The second-order valence-electron chi connectivity index (χ2n) is 6.55. The molecule has 0 heterocycles. The standard InChI is InChI=1S/C15H30N2O2S/c1-14(2,3)19-13(18)17-11-10-16-12-15(20-4)8-6-5-7-9-15/h16H,5-12H2,1-4H3,(H,17,18). The highest BCUT2D eigenvalue weighted by Crippen LogP contribution is 2.37. The second-order valence-corrected chi connectivity index (χ2v) is 7.83. The van der Waals surface area contributed by atoms with Crippen LogP contribution in [0.5, 0.6) is 0 Å². The molecule has 0 saturated heterocycles. The molecule has 0 aromatic carbocycles. The van der Waals surface area contributed by atoms with Crippen molar-refractivity contribution in [2.24, 2.45) is 0 Å². The average molecular weight is 302 g/mol. The van der Waals surface area contributed by atoms with Crippen molar-refractivity contribution in [3.8, 4) is 0 Å². The van der Waals surface area contributed by atoms with Gasteiger partial charge in [0.2, 0.25) is 0 Å². The Morgan fingerprint density at radius 3 is 2.40 bits per heavy atom. The van der Waals surface area contributed by atoms with Crippen molar-refractivity contribution >= 4 is 17.9 Å². The Morgan fingerprint density at radius 1 is 1.20 bits per heavy atom. The molecule has 0 aromatic rings. The van der Waals surface area contributed by atoms with Gasteiger partial charge in [-0.25, -0.2) is 4.79 Å². The Morgan fingerprint density at radius 2 is 1.85 bits per heavy atom. The van der Waals surface area contributed by atoms with Gasteiger partial charge in [0.05, 0.1) is 0 Å². The van der Waals surface area contributed by atoms with Crippen LogP contribution in [0.1, 0.15) is 52.9 Å². The summed E-state index contributed by atoms with van der Waals surface area (Å²) in [6.07, 6.45) is 8.56. The number of hydrogen-bond donors (Lipinski definition) is 2. The maximum Gasteiger partial charge on any atom is 0.407 e. The predicted molar refractivity (Wildman–Crippen MR) is 86.4 cm³/mol. The van der Waals surface area contributed by atoms with E-state index in [0.29, 0.717) is 11.3 Å². The number of carbonyl (C=O) groups is 1. The summed E-state index contributed by atoms with van der Waals surface area (Å²) in [7, 11) is 0. The SMILES string of the molecule is CSC1(CNCCNC(=O)OC(C)(C)C)CCCCC1. The van der Waals surface area contributed by atoms with Gasteiger partial charge in [-0.05, 0) is 39.9 Å². The van der Waals surface area contributed by atoms with E-state index in [0.717, 1.165) is 13.1 Å². The third kappa shape index (κ3) is 6.84. The molecule has 0 bridgehead atoms. The maximum atomic E-state index is 11.5. The first-order valence-corrected chi connectivity index (χ1v) is 8.82. The minimum Gasteiger partial charge on any atom is -0.444 e. The molecule has 0 radical (unpaired) electrons. The quantitative estimate of drug-likeness (QED) is 0.740. The molecular formula is C15H30N2O2S. The van der Waals surface area contributed by atoms with Gasteiger partial charge >= 0.3 is 6.09 Å². The molecule has 1 aliphatic rings. The van der Waals surface area contributed by atoms with Crippen LogP contribution in [-0.4, -0.2) is 42.3 Å². The third-order valence-corrected chi connectivity index (χ3v) is 5.03. The number of alkyl carbamates (subject to hydrolysis) is 1. The summed E-state index contributed by atoms with van der Waals surface area (Å²) in [5, 5.41) is 6.25. The van der Waals surface area contributed by atoms with Crippen LogP contribution in [0.3, 0.4) is 0 Å². The summed E-state index contributed by atoms with van der Waals surface area (Å²) in [5.41, 5.74) is -0.428. The lowest BCUT2D eigenvalue weighted by Gasteiger charge is -2.36. The van der Waals surface area contributed by atoms with Crippen LogP contribution in [0.4, 0.5) is 4.79 Å². The molecule has 4 nitrogen and oxygen atoms in total. The van der Waals surface area contributed by atoms with Crippen molar-refractivity contribution in [1.82, 2.24) is 10.6 Å². The Kier molecular flexibility index (Phi) is 7.17. The van der Waals surface area contributed by atoms with Gasteiger partial charge in [0.15, 0.2) is 0 Å². The minimum atomic E-state index is -0.428. The molecule has 1 aliphatic carbocycles. The fourth-order valence-corrected chi connectivity index (χ4v) is 3.48. The first-order valence-electron chi connectivity index (χ1n) is 7.60. The van der Waals surface area contributed by atoms with Crippen LogP contribution in [0.25, 0.3) is 0 Å². The monoisotopic (exact) mass is 302 g/mol. The van der Waals surface area contributed by atoms with Crippen LogP contribution in [0, 0.1) is 0 Å². The van der Waals surface area contributed by atoms with Crippen LogP contribution >= 0.6 is 11.8 Å². The molecule has 0 unspecified atom stereocenters. The summed E-state index contributed by atoms with van der Waals surface area (Å²) in [4.78, 5) is 11.5. The summed E-state index contributed by atoms with van der Waals surface area (Å²) < 4.78 is 5.60. The minimum absolute atomic E-state index is 0.337. The Labute approximate surface area is 127 Å². The predicted octanol–water partition coefficient (Wildman–Crippen LogP) is 3.17. The van der Waals surface area contributed by atoms with Crippen LogP contribution in [0.2, 0.25) is 0 Å². The fourth-order valence-electron chi connectivity index (χ4n) is 2.53. The number of ether oxygens (including phenoxy) is 1. The normalized spacial score (nSPS) is 18.6. The van der Waals surface area contributed by atoms with Gasteiger partial charge in [0.25, 0.3) is 0 Å². The summed E-state index contributed by atoms with van der Waals surface area (Å²) >= 11 is 1.99. The lowest BCUT2D eigenvalue weighted by molar-refractivity contribution is 0.0528. The topological polar surface area (TPSA) is 50.4 Å². The highest BCUT2D eigenvalue weighted by molar-refractivity contribution is 8.00. The van der Waals surface area contributed by atoms with Crippen molar-refractivity contribution in [3.05, 3.63) is 0 Å². The molecular weight excluding hydrogens is 272 g/mol. The molecule has 5 heteroatoms. The van der Waals surface area contributed by atoms with E-state index in [1.807, 2.05) is 32.5 Å². The molecule has 1 amide bonds. The number of thioether (sulfide) groups is 1. The molecule has 1 rings (SSSR count). The first-order chi connectivity index (χ1) is 9.37. The second kappa shape index (κ2) is 8.13. The molecule has 0 spiro atoms. The molecule has 0 atom stereocenters. The van der Waals surface area contributed by atoms with E-state index < -0.39 is 5.60 Å². The number of carbonyl (C=O) groups excluding carboxylic acids is 1. The van der Waals surface area contributed by atoms with Crippen molar-refractivity contribution in [2.75, 3.05) is 25.9 Å². The molecule has 1 fully saturated rings. The fraction of sp³-hybridized carbons (Fsp3) is 0.933. The van der Waals surface area contributed by atoms with Crippen molar-refractivity contribution in [3.63, 3.8) is 0 Å². The van der Waals surface area contributed by atoms with Crippen molar-refractivity contribution in [1.29, 1.82) is 0 Å². The number of rotatable bonds is 6. The third-order valence-electron chi connectivity index (χ3n) is 3.61. The summed E-state index contributed by atoms with van der Waals surface area (Å²) in [5.74, 6) is 0. The first kappa shape index (κ1) is 17.6. The molecule has 2 N–H and O–H groups in total. The van der Waals surface area contributed by atoms with Gasteiger partial charge in [-0.15, -0.1) is 0 Å². The van der Waals surface area contributed by atoms with Crippen LogP contribution in [0.15, 0.2) is 0 Å². The Bertz CT molecular complexity index is 297. The molecule has 0 aromatic heterocycles. The highest BCUT2D eigenvalue weighted by Gasteiger charge is 2.30. The lowest BCUT2D eigenvalue weighted by Crippen LogP contribution is -2.42. The zero-order chi connectivity index (χ0) is 15.1. The van der Waals surface area contributed by atoms with E-state index in [4.69, 9.17) is 4.74 Å². The van der Waals surface area contributed by atoms with E-state index in [-0.39, 0.29) is 6.09 Å². The van der Waals surface area contributed by atoms with Gasteiger partial charge in [0.1, 0.15) is 5.60 Å². The largest absolute Gasteiger partial charge is 0.444 e. The van der Waals surface area contributed by atoms with Gasteiger partial charge in [-0.1, -0.05) is 19.3 Å². The smallest absolute Gasteiger partial charge is 0.407 e. The Hall–Kier alpha value is -0.420. The van der Waals surface area contributed by atoms with E-state index in [2.05, 4.69) is 16.9 Å². The number of amides is 1. The molecule has 20 heavy (non-hydrogen) atoms. The number of hydrogen-bond acceptors (Lipinski definition) is 4. The molecule has 1 saturated carbocycles. The van der Waals surface area contributed by atoms with E-state index in [1.54, 1.807) is 0 Å². The van der Waals surface area contributed by atoms with E-state index >= 15 is 0 Å². The van der Waals surface area contributed by atoms with Gasteiger partial charge in [-0.3, -0.25) is 0 Å². The lowest BCUT2D eigenvalue weighted by atomic mass is 9.88. The van der Waals surface area contributed by atoms with E-state index in [1.165, 1.54) is 32.1 Å². The molecule has 118 valence electrons. The van der Waals surface area contributed by atoms with Crippen molar-refractivity contribution < 1.29 is 9.53 Å². The summed E-state index contributed by atoms with van der Waals surface area (Å²) in [6, 6.07) is 0. The van der Waals surface area contributed by atoms with E-state index in [9.17, 15) is 4.79 Å². The Balaban J connectivity index is 2.13. The average Bonchev–Trinajstić information content (AvgIpc) is 2.37. The summed E-state index contributed by atoms with van der Waals surface area (Å²) in [6.45, 7) is 8.05. The van der Waals surface area contributed by atoms with Crippen LogP contribution in [-0.2, 0) is 4.74 Å². The van der Waals surface area contributed by atoms with Gasteiger partial charge in [0, 0.05) is 24.4 Å². The number of nitrogens with one attached hydrogen (secondary N) is 2. The van der Waals surface area contributed by atoms with Gasteiger partial charge in [-0.2, -0.15) is 11.8 Å². The molecule has 0 aliphatic heterocycles. The van der Waals surface area contributed by atoms with Gasteiger partial charge < -0.3 is 15.4 Å². The highest BCUT2D eigenvalue weighted by atomic mass is 32.2. The zero-order valence-corrected chi connectivity index (χ0v) is 14.2. The zero-order valence-electron chi connectivity index (χ0n) is 13.4. The van der Waals surface area contributed by atoms with Crippen LogP contribution < -0.4 is 10.6 Å². The van der Waals surface area contributed by atoms with Crippen molar-refractivity contribution in [2.45, 2.75) is 63.2 Å².